The molecule has 1 heterocycles. The van der Waals surface area contributed by atoms with E-state index in [9.17, 15) is 9.59 Å². The lowest BCUT2D eigenvalue weighted by atomic mass is 9.96. The van der Waals surface area contributed by atoms with Gasteiger partial charge in [-0.3, -0.25) is 9.59 Å². The van der Waals surface area contributed by atoms with E-state index in [-0.39, 0.29) is 11.8 Å². The number of rotatable bonds is 5. The molecule has 26 heavy (non-hydrogen) atoms. The summed E-state index contributed by atoms with van der Waals surface area (Å²) < 4.78 is 10.5. The average Bonchev–Trinajstić information content (AvgIpc) is 3.44. The number of amides is 2. The summed E-state index contributed by atoms with van der Waals surface area (Å²) in [4.78, 5) is 27.8. The largest absolute Gasteiger partial charge is 0.495 e. The van der Waals surface area contributed by atoms with Crippen molar-refractivity contribution in [3.8, 4) is 11.5 Å². The molecule has 1 aromatic rings. The monoisotopic (exact) mass is 380 g/mol. The van der Waals surface area contributed by atoms with Gasteiger partial charge in [0.15, 0.2) is 0 Å². The van der Waals surface area contributed by atoms with Crippen molar-refractivity contribution in [2.75, 3.05) is 32.6 Å². The molecule has 1 atom stereocenters. The van der Waals surface area contributed by atoms with Crippen molar-refractivity contribution >= 4 is 29.1 Å². The Balaban J connectivity index is 1.78. The molecule has 1 saturated carbocycles. The van der Waals surface area contributed by atoms with Crippen LogP contribution >= 0.6 is 11.6 Å². The third-order valence-corrected chi connectivity index (χ3v) is 5.56. The number of hydrogen-bond acceptors (Lipinski definition) is 4. The molecule has 142 valence electrons. The molecule has 2 amide bonds. The molecule has 6 nitrogen and oxygen atoms in total. The van der Waals surface area contributed by atoms with E-state index >= 15 is 0 Å². The summed E-state index contributed by atoms with van der Waals surface area (Å²) in [6.07, 6.45) is 3.28. The average molecular weight is 381 g/mol. The topological polar surface area (TPSA) is 67.9 Å². The molecule has 0 radical (unpaired) electrons. The predicted molar refractivity (Wildman–Crippen MR) is 99.8 cm³/mol. The highest BCUT2D eigenvalue weighted by atomic mass is 35.5. The van der Waals surface area contributed by atoms with Gasteiger partial charge in [0, 0.05) is 25.2 Å². The van der Waals surface area contributed by atoms with Gasteiger partial charge < -0.3 is 19.7 Å². The Morgan fingerprint density at radius 1 is 1.23 bits per heavy atom. The van der Waals surface area contributed by atoms with Crippen molar-refractivity contribution in [2.45, 2.75) is 32.6 Å². The van der Waals surface area contributed by atoms with E-state index < -0.39 is 5.41 Å². The highest BCUT2D eigenvalue weighted by Crippen LogP contribution is 2.49. The van der Waals surface area contributed by atoms with Gasteiger partial charge in [-0.05, 0) is 31.6 Å². The Morgan fingerprint density at radius 3 is 2.50 bits per heavy atom. The summed E-state index contributed by atoms with van der Waals surface area (Å²) in [5, 5.41) is 3.24. The molecule has 0 aromatic heterocycles. The maximum absolute atomic E-state index is 13.0. The molecule has 1 aliphatic carbocycles. The number of piperidine rings is 1. The van der Waals surface area contributed by atoms with Crippen LogP contribution in [0.25, 0.3) is 0 Å². The third kappa shape index (κ3) is 3.47. The number of carbonyl (C=O) groups excluding carboxylic acids is 2. The van der Waals surface area contributed by atoms with Crippen LogP contribution in [0.3, 0.4) is 0 Å². The van der Waals surface area contributed by atoms with Gasteiger partial charge in [-0.25, -0.2) is 0 Å². The van der Waals surface area contributed by atoms with Crippen LogP contribution in [0.5, 0.6) is 11.5 Å². The number of nitrogens with zero attached hydrogens (tertiary/aromatic N) is 1. The van der Waals surface area contributed by atoms with Crippen molar-refractivity contribution in [1.82, 2.24) is 4.90 Å². The van der Waals surface area contributed by atoms with Crippen LogP contribution in [0.4, 0.5) is 5.69 Å². The van der Waals surface area contributed by atoms with E-state index in [1.54, 1.807) is 12.1 Å². The van der Waals surface area contributed by atoms with Gasteiger partial charge in [0.2, 0.25) is 11.8 Å². The minimum Gasteiger partial charge on any atom is -0.495 e. The highest BCUT2D eigenvalue weighted by Gasteiger charge is 2.58. The smallest absolute Gasteiger partial charge is 0.240 e. The second-order valence-electron chi connectivity index (χ2n) is 7.22. The van der Waals surface area contributed by atoms with Crippen LogP contribution in [0.2, 0.25) is 5.02 Å². The standard InChI is InChI=1S/C19H25ClN2O4/c1-12-5-4-8-22(11-12)18(24)19(6-7-19)17(23)21-14-10-15(25-2)13(20)9-16(14)26-3/h9-10,12H,4-8,11H2,1-3H3,(H,21,23). The lowest BCUT2D eigenvalue weighted by Crippen LogP contribution is -2.46. The number of hydrogen-bond donors (Lipinski definition) is 1. The molecule has 0 spiro atoms. The minimum atomic E-state index is -0.949. The van der Waals surface area contributed by atoms with Crippen molar-refractivity contribution in [2.24, 2.45) is 11.3 Å². The van der Waals surface area contributed by atoms with E-state index in [0.29, 0.717) is 41.0 Å². The van der Waals surface area contributed by atoms with E-state index in [2.05, 4.69) is 12.2 Å². The number of ether oxygens (including phenoxy) is 2. The molecular weight excluding hydrogens is 356 g/mol. The molecule has 1 aliphatic heterocycles. The summed E-state index contributed by atoms with van der Waals surface area (Å²) in [6, 6.07) is 3.20. The fourth-order valence-corrected chi connectivity index (χ4v) is 3.77. The van der Waals surface area contributed by atoms with Crippen LogP contribution in [-0.2, 0) is 9.59 Å². The lowest BCUT2D eigenvalue weighted by molar-refractivity contribution is -0.143. The molecule has 2 fully saturated rings. The van der Waals surface area contributed by atoms with Crippen molar-refractivity contribution < 1.29 is 19.1 Å². The lowest BCUT2D eigenvalue weighted by Gasteiger charge is -2.33. The van der Waals surface area contributed by atoms with Gasteiger partial charge in [-0.1, -0.05) is 18.5 Å². The molecule has 1 unspecified atom stereocenters. The maximum Gasteiger partial charge on any atom is 0.240 e. The van der Waals surface area contributed by atoms with Crippen LogP contribution in [0.1, 0.15) is 32.6 Å². The predicted octanol–water partition coefficient (Wildman–Crippen LogP) is 3.33. The third-order valence-electron chi connectivity index (χ3n) is 5.26. The van der Waals surface area contributed by atoms with Crippen LogP contribution in [-0.4, -0.2) is 44.0 Å². The molecule has 1 aromatic carbocycles. The fourth-order valence-electron chi connectivity index (χ4n) is 3.54. The highest BCUT2D eigenvalue weighted by molar-refractivity contribution is 6.32. The van der Waals surface area contributed by atoms with E-state index in [4.69, 9.17) is 21.1 Å². The molecule has 1 N–H and O–H groups in total. The second-order valence-corrected chi connectivity index (χ2v) is 7.63. The number of anilines is 1. The normalized spacial score (nSPS) is 21.1. The van der Waals surface area contributed by atoms with Gasteiger partial charge >= 0.3 is 0 Å². The quantitative estimate of drug-likeness (QED) is 0.795. The summed E-state index contributed by atoms with van der Waals surface area (Å²) in [5.41, 5.74) is -0.501. The van der Waals surface area contributed by atoms with Crippen molar-refractivity contribution in [3.63, 3.8) is 0 Å². The molecule has 1 saturated heterocycles. The summed E-state index contributed by atoms with van der Waals surface area (Å²) >= 11 is 6.11. The van der Waals surface area contributed by atoms with Crippen molar-refractivity contribution in [1.29, 1.82) is 0 Å². The first-order valence-corrected chi connectivity index (χ1v) is 9.31. The van der Waals surface area contributed by atoms with Gasteiger partial charge in [0.05, 0.1) is 24.9 Å². The van der Waals surface area contributed by atoms with Crippen molar-refractivity contribution in [3.05, 3.63) is 17.2 Å². The van der Waals surface area contributed by atoms with Crippen LogP contribution < -0.4 is 14.8 Å². The summed E-state index contributed by atoms with van der Waals surface area (Å²) in [6.45, 7) is 3.60. The Hall–Kier alpha value is -1.95. The Morgan fingerprint density at radius 2 is 1.92 bits per heavy atom. The summed E-state index contributed by atoms with van der Waals surface area (Å²) in [5.74, 6) is 1.000. The molecule has 2 aliphatic rings. The number of nitrogens with one attached hydrogen (secondary N) is 1. The Kier molecular flexibility index (Phi) is 5.32. The minimum absolute atomic E-state index is 0.0542. The number of halogens is 1. The van der Waals surface area contributed by atoms with E-state index in [1.165, 1.54) is 14.2 Å². The molecule has 7 heteroatoms. The molecule has 0 bridgehead atoms. The number of carbonyl (C=O) groups is 2. The van der Waals surface area contributed by atoms with Gasteiger partial charge in [0.1, 0.15) is 16.9 Å². The van der Waals surface area contributed by atoms with E-state index in [0.717, 1.165) is 25.9 Å². The first-order valence-electron chi connectivity index (χ1n) is 8.93. The Labute approximate surface area is 158 Å². The zero-order valence-corrected chi connectivity index (χ0v) is 16.2. The first-order chi connectivity index (χ1) is 12.4. The fraction of sp³-hybridized carbons (Fsp3) is 0.579. The van der Waals surface area contributed by atoms with Gasteiger partial charge in [-0.2, -0.15) is 0 Å². The first kappa shape index (κ1) is 18.8. The zero-order valence-electron chi connectivity index (χ0n) is 15.4. The summed E-state index contributed by atoms with van der Waals surface area (Å²) in [7, 11) is 3.00. The van der Waals surface area contributed by atoms with Gasteiger partial charge in [-0.15, -0.1) is 0 Å². The van der Waals surface area contributed by atoms with Gasteiger partial charge in [0.25, 0.3) is 0 Å². The number of likely N-dealkylation sites (tertiary alicyclic amines) is 1. The zero-order chi connectivity index (χ0) is 18.9. The maximum atomic E-state index is 13.0. The Bertz CT molecular complexity index is 718. The second kappa shape index (κ2) is 7.35. The number of benzene rings is 1. The van der Waals surface area contributed by atoms with Crippen LogP contribution in [0, 0.1) is 11.3 Å². The van der Waals surface area contributed by atoms with Crippen LogP contribution in [0.15, 0.2) is 12.1 Å². The SMILES string of the molecule is COc1cc(NC(=O)C2(C(=O)N3CCCC(C)C3)CC2)c(OC)cc1Cl. The molecular formula is C19H25ClN2O4. The number of methoxy groups -OCH3 is 2. The molecule has 3 rings (SSSR count). The van der Waals surface area contributed by atoms with E-state index in [1.807, 2.05) is 4.90 Å².